The smallest absolute Gasteiger partial charge is 0.126 e. The van der Waals surface area contributed by atoms with Crippen LogP contribution in [0.15, 0.2) is 42.5 Å². The molecule has 3 heteroatoms. The van der Waals surface area contributed by atoms with Crippen LogP contribution in [0.5, 0.6) is 0 Å². The van der Waals surface area contributed by atoms with Gasteiger partial charge < -0.3 is 0 Å². The van der Waals surface area contributed by atoms with Crippen LogP contribution in [0, 0.1) is 12.7 Å². The fourth-order valence-corrected chi connectivity index (χ4v) is 2.43. The Morgan fingerprint density at radius 1 is 1.05 bits per heavy atom. The van der Waals surface area contributed by atoms with Gasteiger partial charge in [-0.15, -0.1) is 0 Å². The summed E-state index contributed by atoms with van der Waals surface area (Å²) in [7, 11) is 0. The Hall–Kier alpha value is -1.71. The molecule has 0 saturated heterocycles. The number of hydrogen-bond acceptors (Lipinski definition) is 2. The lowest BCUT2D eigenvalue weighted by molar-refractivity contribution is 0.548. The summed E-state index contributed by atoms with van der Waals surface area (Å²) in [5, 5.41) is 0. The number of hydrogen-bond donors (Lipinski definition) is 2. The second-order valence-corrected chi connectivity index (χ2v) is 5.83. The van der Waals surface area contributed by atoms with E-state index in [2.05, 4.69) is 43.5 Å². The molecule has 1 atom stereocenters. The van der Waals surface area contributed by atoms with Gasteiger partial charge in [0.1, 0.15) is 5.82 Å². The van der Waals surface area contributed by atoms with Crippen molar-refractivity contribution in [1.29, 1.82) is 0 Å². The quantitative estimate of drug-likeness (QED) is 0.644. The van der Waals surface area contributed by atoms with E-state index < -0.39 is 0 Å². The molecule has 21 heavy (non-hydrogen) atoms. The van der Waals surface area contributed by atoms with E-state index >= 15 is 0 Å². The number of nitrogens with two attached hydrogens (primary N) is 1. The SMILES string of the molecule is Cc1cc(C(Cc2ccc(C(C)C)cc2)NN)ccc1F. The van der Waals surface area contributed by atoms with Gasteiger partial charge in [-0.2, -0.15) is 0 Å². The lowest BCUT2D eigenvalue weighted by Crippen LogP contribution is -2.29. The predicted molar refractivity (Wildman–Crippen MR) is 85.4 cm³/mol. The minimum absolute atomic E-state index is 0.0193. The van der Waals surface area contributed by atoms with Crippen LogP contribution in [-0.4, -0.2) is 0 Å². The van der Waals surface area contributed by atoms with Crippen molar-refractivity contribution >= 4 is 0 Å². The summed E-state index contributed by atoms with van der Waals surface area (Å²) in [6.45, 7) is 6.13. The Morgan fingerprint density at radius 2 is 1.67 bits per heavy atom. The maximum Gasteiger partial charge on any atom is 0.126 e. The van der Waals surface area contributed by atoms with Crippen molar-refractivity contribution in [1.82, 2.24) is 5.43 Å². The van der Waals surface area contributed by atoms with Gasteiger partial charge in [-0.05, 0) is 47.6 Å². The number of aryl methyl sites for hydroxylation is 1. The Morgan fingerprint density at radius 3 is 2.19 bits per heavy atom. The standard InChI is InChI=1S/C18H23FN2/c1-12(2)15-6-4-14(5-7-15)11-18(21-20)16-8-9-17(19)13(3)10-16/h4-10,12,18,21H,11,20H2,1-3H3. The highest BCUT2D eigenvalue weighted by Crippen LogP contribution is 2.22. The maximum atomic E-state index is 13.4. The van der Waals surface area contributed by atoms with Crippen LogP contribution in [0.3, 0.4) is 0 Å². The molecule has 0 spiro atoms. The van der Waals surface area contributed by atoms with Crippen LogP contribution in [0.4, 0.5) is 4.39 Å². The van der Waals surface area contributed by atoms with Crippen molar-refractivity contribution in [3.63, 3.8) is 0 Å². The summed E-state index contributed by atoms with van der Waals surface area (Å²) < 4.78 is 13.4. The van der Waals surface area contributed by atoms with E-state index in [1.165, 1.54) is 17.2 Å². The molecule has 0 amide bonds. The molecular weight excluding hydrogens is 263 g/mol. The fraction of sp³-hybridized carbons (Fsp3) is 0.333. The highest BCUT2D eigenvalue weighted by Gasteiger charge is 2.12. The van der Waals surface area contributed by atoms with E-state index in [-0.39, 0.29) is 11.9 Å². The summed E-state index contributed by atoms with van der Waals surface area (Å²) in [6, 6.07) is 13.7. The van der Waals surface area contributed by atoms with Crippen LogP contribution in [0.25, 0.3) is 0 Å². The molecule has 2 nitrogen and oxygen atoms in total. The van der Waals surface area contributed by atoms with E-state index in [4.69, 9.17) is 5.84 Å². The molecule has 0 aliphatic carbocycles. The molecule has 0 saturated carbocycles. The molecule has 2 aromatic carbocycles. The molecule has 0 fully saturated rings. The summed E-state index contributed by atoms with van der Waals surface area (Å²) in [4.78, 5) is 0. The third-order valence-corrected chi connectivity index (χ3v) is 3.87. The molecule has 0 bridgehead atoms. The monoisotopic (exact) mass is 286 g/mol. The van der Waals surface area contributed by atoms with Crippen molar-refractivity contribution in [2.75, 3.05) is 0 Å². The first-order chi connectivity index (χ1) is 10.0. The van der Waals surface area contributed by atoms with Crippen LogP contribution in [-0.2, 0) is 6.42 Å². The molecule has 3 N–H and O–H groups in total. The van der Waals surface area contributed by atoms with Crippen LogP contribution in [0.1, 0.15) is 48.1 Å². The molecule has 112 valence electrons. The lowest BCUT2D eigenvalue weighted by atomic mass is 9.95. The van der Waals surface area contributed by atoms with Crippen LogP contribution >= 0.6 is 0 Å². The number of benzene rings is 2. The molecule has 0 aliphatic rings. The van der Waals surface area contributed by atoms with Crippen molar-refractivity contribution in [2.24, 2.45) is 5.84 Å². The second-order valence-electron chi connectivity index (χ2n) is 5.83. The molecule has 2 rings (SSSR count). The first-order valence-electron chi connectivity index (χ1n) is 7.32. The maximum absolute atomic E-state index is 13.4. The van der Waals surface area contributed by atoms with Gasteiger partial charge in [-0.25, -0.2) is 4.39 Å². The van der Waals surface area contributed by atoms with Gasteiger partial charge in [0.15, 0.2) is 0 Å². The fourth-order valence-electron chi connectivity index (χ4n) is 2.43. The van der Waals surface area contributed by atoms with Gasteiger partial charge >= 0.3 is 0 Å². The van der Waals surface area contributed by atoms with Gasteiger partial charge in [0, 0.05) is 6.04 Å². The third kappa shape index (κ3) is 3.90. The molecule has 0 aromatic heterocycles. The Balaban J connectivity index is 2.16. The van der Waals surface area contributed by atoms with Crippen molar-refractivity contribution in [3.8, 4) is 0 Å². The average Bonchev–Trinajstić information content (AvgIpc) is 2.48. The summed E-state index contributed by atoms with van der Waals surface area (Å²) in [6.07, 6.45) is 0.778. The predicted octanol–water partition coefficient (Wildman–Crippen LogP) is 4.00. The van der Waals surface area contributed by atoms with E-state index in [0.29, 0.717) is 11.5 Å². The van der Waals surface area contributed by atoms with E-state index in [0.717, 1.165) is 12.0 Å². The minimum atomic E-state index is -0.184. The lowest BCUT2D eigenvalue weighted by Gasteiger charge is -2.17. The average molecular weight is 286 g/mol. The van der Waals surface area contributed by atoms with Crippen molar-refractivity contribution < 1.29 is 4.39 Å². The summed E-state index contributed by atoms with van der Waals surface area (Å²) in [5.74, 6) is 6.02. The van der Waals surface area contributed by atoms with Gasteiger partial charge in [0.05, 0.1) is 0 Å². The highest BCUT2D eigenvalue weighted by atomic mass is 19.1. The molecule has 0 aliphatic heterocycles. The zero-order chi connectivity index (χ0) is 15.4. The van der Waals surface area contributed by atoms with Crippen molar-refractivity contribution in [2.45, 2.75) is 39.2 Å². The first kappa shape index (κ1) is 15.7. The van der Waals surface area contributed by atoms with Crippen LogP contribution < -0.4 is 11.3 Å². The van der Waals surface area contributed by atoms with E-state index in [1.54, 1.807) is 13.0 Å². The van der Waals surface area contributed by atoms with Crippen molar-refractivity contribution in [3.05, 3.63) is 70.5 Å². The molecule has 1 unspecified atom stereocenters. The highest BCUT2D eigenvalue weighted by molar-refractivity contribution is 5.30. The molecule has 0 heterocycles. The Labute approximate surface area is 126 Å². The van der Waals surface area contributed by atoms with Crippen LogP contribution in [0.2, 0.25) is 0 Å². The van der Waals surface area contributed by atoms with Gasteiger partial charge in [0.25, 0.3) is 0 Å². The molecular formula is C18H23FN2. The summed E-state index contributed by atoms with van der Waals surface area (Å²) >= 11 is 0. The number of halogens is 1. The topological polar surface area (TPSA) is 38.0 Å². The number of nitrogens with one attached hydrogen (secondary N) is 1. The Bertz CT molecular complexity index is 591. The van der Waals surface area contributed by atoms with Gasteiger partial charge in [-0.3, -0.25) is 11.3 Å². The number of hydrazine groups is 1. The summed E-state index contributed by atoms with van der Waals surface area (Å²) in [5.41, 5.74) is 7.01. The minimum Gasteiger partial charge on any atom is -0.271 e. The first-order valence-corrected chi connectivity index (χ1v) is 7.32. The zero-order valence-electron chi connectivity index (χ0n) is 12.9. The van der Waals surface area contributed by atoms with E-state index in [9.17, 15) is 4.39 Å². The third-order valence-electron chi connectivity index (χ3n) is 3.87. The van der Waals surface area contributed by atoms with Gasteiger partial charge in [-0.1, -0.05) is 50.2 Å². The Kier molecular flexibility index (Phi) is 5.10. The molecule has 0 radical (unpaired) electrons. The van der Waals surface area contributed by atoms with Gasteiger partial charge in [0.2, 0.25) is 0 Å². The number of rotatable bonds is 5. The second kappa shape index (κ2) is 6.83. The van der Waals surface area contributed by atoms with E-state index in [1.807, 2.05) is 6.07 Å². The normalized spacial score (nSPS) is 12.7. The zero-order valence-corrected chi connectivity index (χ0v) is 12.9. The largest absolute Gasteiger partial charge is 0.271 e. The molecule has 2 aromatic rings.